The second-order valence-corrected chi connectivity index (χ2v) is 2.58. The van der Waals surface area contributed by atoms with Crippen molar-refractivity contribution in [2.24, 2.45) is 0 Å². The lowest BCUT2D eigenvalue weighted by Gasteiger charge is -1.99. The molecule has 0 heterocycles. The summed E-state index contributed by atoms with van der Waals surface area (Å²) in [5, 5.41) is 0. The molecule has 0 aliphatic rings. The van der Waals surface area contributed by atoms with Crippen molar-refractivity contribution in [2.75, 3.05) is 0 Å². The quantitative estimate of drug-likeness (QED) is 0.634. The molecule has 0 fully saturated rings. The van der Waals surface area contributed by atoms with Crippen molar-refractivity contribution >= 4 is 12.0 Å². The van der Waals surface area contributed by atoms with Crippen molar-refractivity contribution in [1.82, 2.24) is 0 Å². The molecule has 1 nitrogen and oxygen atoms in total. The van der Waals surface area contributed by atoms with Gasteiger partial charge in [0.1, 0.15) is 5.82 Å². The average molecular weight is 158 g/mol. The van der Waals surface area contributed by atoms with Gasteiger partial charge in [0.25, 0.3) is 0 Å². The fourth-order valence-electron chi connectivity index (χ4n) is 0.687. The Hall–Kier alpha value is -0.540. The molecule has 0 unspecified atom stereocenters. The van der Waals surface area contributed by atoms with Gasteiger partial charge in [-0.1, -0.05) is 6.07 Å². The van der Waals surface area contributed by atoms with E-state index in [4.69, 9.17) is 4.55 Å². The Balaban J connectivity index is 3.14. The zero-order valence-corrected chi connectivity index (χ0v) is 6.28. The summed E-state index contributed by atoms with van der Waals surface area (Å²) < 4.78 is 21.2. The van der Waals surface area contributed by atoms with E-state index in [2.05, 4.69) is 0 Å². The van der Waals surface area contributed by atoms with Crippen molar-refractivity contribution < 1.29 is 8.94 Å². The summed E-state index contributed by atoms with van der Waals surface area (Å²) in [6.07, 6.45) is 0. The van der Waals surface area contributed by atoms with Gasteiger partial charge in [0.2, 0.25) is 0 Å². The van der Waals surface area contributed by atoms with Crippen LogP contribution in [0.25, 0.3) is 0 Å². The van der Waals surface area contributed by atoms with Crippen molar-refractivity contribution in [3.63, 3.8) is 0 Å². The van der Waals surface area contributed by atoms with E-state index < -0.39 is 0 Å². The van der Waals surface area contributed by atoms with Gasteiger partial charge >= 0.3 is 0 Å². The molecule has 0 aliphatic carbocycles. The van der Waals surface area contributed by atoms with Gasteiger partial charge in [0.05, 0.1) is 0 Å². The largest absolute Gasteiger partial charge is 0.325 e. The first-order chi connectivity index (χ1) is 4.75. The van der Waals surface area contributed by atoms with Gasteiger partial charge in [-0.3, -0.25) is 0 Å². The lowest BCUT2D eigenvalue weighted by Crippen LogP contribution is -1.83. The molecule has 1 aromatic carbocycles. The van der Waals surface area contributed by atoms with Crippen LogP contribution in [0, 0.1) is 12.7 Å². The molecule has 1 rings (SSSR count). The van der Waals surface area contributed by atoms with E-state index in [9.17, 15) is 4.39 Å². The lowest BCUT2D eigenvalue weighted by molar-refractivity contribution is 0.610. The Bertz CT molecular complexity index is 237. The van der Waals surface area contributed by atoms with Gasteiger partial charge in [-0.15, -0.1) is 0 Å². The van der Waals surface area contributed by atoms with Crippen LogP contribution >= 0.6 is 12.0 Å². The van der Waals surface area contributed by atoms with Crippen LogP contribution in [0.15, 0.2) is 23.1 Å². The minimum absolute atomic E-state index is 0.279. The molecule has 0 amide bonds. The van der Waals surface area contributed by atoms with Crippen molar-refractivity contribution in [1.29, 1.82) is 0 Å². The second-order valence-electron chi connectivity index (χ2n) is 1.95. The van der Waals surface area contributed by atoms with E-state index in [0.29, 0.717) is 22.5 Å². The smallest absolute Gasteiger partial charge is 0.127 e. The highest BCUT2D eigenvalue weighted by molar-refractivity contribution is 7.93. The summed E-state index contributed by atoms with van der Waals surface area (Å²) in [5.41, 5.74) is 0.495. The molecule has 0 radical (unpaired) electrons. The average Bonchev–Trinajstić information content (AvgIpc) is 1.95. The Morgan fingerprint density at radius 2 is 2.20 bits per heavy atom. The van der Waals surface area contributed by atoms with Gasteiger partial charge in [-0.2, -0.15) is 0 Å². The minimum atomic E-state index is -0.279. The molecule has 0 aliphatic heterocycles. The predicted octanol–water partition coefficient (Wildman–Crippen LogP) is 2.70. The first-order valence-corrected chi connectivity index (χ1v) is 3.59. The number of benzene rings is 1. The molecule has 0 bridgehead atoms. The van der Waals surface area contributed by atoms with E-state index in [1.807, 2.05) is 0 Å². The molecule has 1 N–H and O–H groups in total. The van der Waals surface area contributed by atoms with Gasteiger partial charge in [0.15, 0.2) is 0 Å². The van der Waals surface area contributed by atoms with Crippen LogP contribution in [-0.4, -0.2) is 4.55 Å². The fourth-order valence-corrected chi connectivity index (χ4v) is 1.06. The SMILES string of the molecule is Cc1c(F)cccc1SO. The van der Waals surface area contributed by atoms with E-state index in [0.717, 1.165) is 0 Å². The van der Waals surface area contributed by atoms with Crippen LogP contribution < -0.4 is 0 Å². The molecule has 0 saturated carbocycles. The van der Waals surface area contributed by atoms with E-state index in [1.54, 1.807) is 19.1 Å². The summed E-state index contributed by atoms with van der Waals surface area (Å²) >= 11 is 0.570. The van der Waals surface area contributed by atoms with Crippen LogP contribution in [-0.2, 0) is 0 Å². The number of halogens is 1. The number of rotatable bonds is 1. The zero-order valence-electron chi connectivity index (χ0n) is 5.47. The third kappa shape index (κ3) is 1.30. The maximum absolute atomic E-state index is 12.6. The molecule has 0 aromatic heterocycles. The number of hydrogen-bond acceptors (Lipinski definition) is 2. The molecular weight excluding hydrogens is 151 g/mol. The van der Waals surface area contributed by atoms with Crippen LogP contribution in [0.2, 0.25) is 0 Å². The summed E-state index contributed by atoms with van der Waals surface area (Å²) in [6, 6.07) is 4.61. The zero-order chi connectivity index (χ0) is 7.56. The summed E-state index contributed by atoms with van der Waals surface area (Å²) in [4.78, 5) is 0.569. The Morgan fingerprint density at radius 1 is 1.50 bits per heavy atom. The van der Waals surface area contributed by atoms with Crippen LogP contribution in [0.5, 0.6) is 0 Å². The first-order valence-electron chi connectivity index (χ1n) is 2.82. The highest BCUT2D eigenvalue weighted by Gasteiger charge is 2.01. The molecule has 0 saturated heterocycles. The van der Waals surface area contributed by atoms with Crippen LogP contribution in [0.1, 0.15) is 5.56 Å². The maximum atomic E-state index is 12.6. The fraction of sp³-hybridized carbons (Fsp3) is 0.143. The molecular formula is C7H7FOS. The van der Waals surface area contributed by atoms with E-state index in [-0.39, 0.29) is 5.82 Å². The van der Waals surface area contributed by atoms with E-state index >= 15 is 0 Å². The molecule has 0 atom stereocenters. The van der Waals surface area contributed by atoms with Crippen molar-refractivity contribution in [2.45, 2.75) is 11.8 Å². The van der Waals surface area contributed by atoms with Gasteiger partial charge in [-0.25, -0.2) is 4.39 Å². The van der Waals surface area contributed by atoms with Gasteiger partial charge < -0.3 is 4.55 Å². The van der Waals surface area contributed by atoms with Crippen molar-refractivity contribution in [3.05, 3.63) is 29.6 Å². The molecule has 3 heteroatoms. The monoisotopic (exact) mass is 158 g/mol. The van der Waals surface area contributed by atoms with Gasteiger partial charge in [0, 0.05) is 22.5 Å². The first kappa shape index (κ1) is 7.57. The molecule has 10 heavy (non-hydrogen) atoms. The van der Waals surface area contributed by atoms with Crippen molar-refractivity contribution in [3.8, 4) is 0 Å². The highest BCUT2D eigenvalue weighted by atomic mass is 32.2. The van der Waals surface area contributed by atoms with Crippen LogP contribution in [0.4, 0.5) is 4.39 Å². The Morgan fingerprint density at radius 3 is 2.70 bits per heavy atom. The third-order valence-electron chi connectivity index (χ3n) is 1.32. The minimum Gasteiger partial charge on any atom is -0.325 e. The second kappa shape index (κ2) is 3.03. The molecule has 54 valence electrons. The van der Waals surface area contributed by atoms with Gasteiger partial charge in [-0.05, 0) is 19.1 Å². The normalized spacial score (nSPS) is 9.90. The Kier molecular flexibility index (Phi) is 2.29. The number of hydrogen-bond donors (Lipinski definition) is 1. The maximum Gasteiger partial charge on any atom is 0.127 e. The summed E-state index contributed by atoms with van der Waals surface area (Å²) in [6.45, 7) is 1.63. The topological polar surface area (TPSA) is 20.2 Å². The summed E-state index contributed by atoms with van der Waals surface area (Å²) in [5.74, 6) is -0.279. The van der Waals surface area contributed by atoms with E-state index in [1.165, 1.54) is 6.07 Å². The van der Waals surface area contributed by atoms with Crippen LogP contribution in [0.3, 0.4) is 0 Å². The molecule has 0 spiro atoms. The highest BCUT2D eigenvalue weighted by Crippen LogP contribution is 2.20. The Labute approximate surface area is 63.1 Å². The third-order valence-corrected chi connectivity index (χ3v) is 1.96. The standard InChI is InChI=1S/C7H7FOS/c1-5-6(8)3-2-4-7(5)10-9/h2-4,9H,1H3. The summed E-state index contributed by atoms with van der Waals surface area (Å²) in [7, 11) is 0. The molecule has 1 aromatic rings. The predicted molar refractivity (Wildman–Crippen MR) is 39.6 cm³/mol. The lowest BCUT2D eigenvalue weighted by atomic mass is 10.2.